The molecule has 3 N–H and O–H groups in total. The molecule has 0 aromatic heterocycles. The molecule has 5 rings (SSSR count). The van der Waals surface area contributed by atoms with E-state index in [-0.39, 0.29) is 50.0 Å². The minimum absolute atomic E-state index is 0.0229. The number of para-hydroxylation sites is 1. The zero-order valence-electron chi connectivity index (χ0n) is 25.4. The molecule has 13 heteroatoms. The van der Waals surface area contributed by atoms with E-state index in [0.29, 0.717) is 38.3 Å². The molecule has 10 nitrogen and oxygen atoms in total. The highest BCUT2D eigenvalue weighted by atomic mass is 19.3. The number of nitrogens with one attached hydrogen (secondary N) is 3. The van der Waals surface area contributed by atoms with Crippen molar-refractivity contribution >= 4 is 17.7 Å². The van der Waals surface area contributed by atoms with Gasteiger partial charge in [0, 0.05) is 57.1 Å². The van der Waals surface area contributed by atoms with E-state index in [2.05, 4.69) is 20.9 Å². The molecule has 3 aliphatic heterocycles. The van der Waals surface area contributed by atoms with E-state index in [4.69, 9.17) is 9.47 Å². The lowest BCUT2D eigenvalue weighted by Crippen LogP contribution is -2.67. The van der Waals surface area contributed by atoms with Gasteiger partial charge in [-0.05, 0) is 45.2 Å². The normalized spacial score (nSPS) is 28.2. The van der Waals surface area contributed by atoms with E-state index >= 15 is 0 Å². The minimum Gasteiger partial charge on any atom is -0.493 e. The van der Waals surface area contributed by atoms with Crippen LogP contribution >= 0.6 is 0 Å². The number of nitrogens with zero attached hydrogens (tertiary/aromatic N) is 2. The number of piperazine rings is 1. The fourth-order valence-electron chi connectivity index (χ4n) is 7.10. The second kappa shape index (κ2) is 14.0. The van der Waals surface area contributed by atoms with E-state index in [1.165, 1.54) is 11.9 Å². The Hall–Kier alpha value is -2.90. The van der Waals surface area contributed by atoms with Crippen molar-refractivity contribution in [2.45, 2.75) is 87.7 Å². The van der Waals surface area contributed by atoms with E-state index in [0.717, 1.165) is 5.56 Å². The SMILES string of the molecule is CCOC1C[C@@H]2CN(C(=O)[C@@H](NC(=O)[C@@H](CF)NC)C3CCC(F)(F)CC3)C(C(=O)N[C@@H]3CCOc4ccccc43)CN2C1. The summed E-state index contributed by atoms with van der Waals surface area (Å²) in [5.41, 5.74) is 0.855. The monoisotopic (exact) mass is 623 g/mol. The van der Waals surface area contributed by atoms with Gasteiger partial charge < -0.3 is 30.3 Å². The highest BCUT2D eigenvalue weighted by Gasteiger charge is 2.49. The Morgan fingerprint density at radius 3 is 2.57 bits per heavy atom. The van der Waals surface area contributed by atoms with Gasteiger partial charge in [-0.1, -0.05) is 18.2 Å². The summed E-state index contributed by atoms with van der Waals surface area (Å²) in [6, 6.07) is 3.87. The maximum Gasteiger partial charge on any atom is 0.248 e. The number of carbonyl (C=O) groups is 3. The van der Waals surface area contributed by atoms with Crippen LogP contribution in [-0.2, 0) is 19.1 Å². The third kappa shape index (κ3) is 7.15. The summed E-state index contributed by atoms with van der Waals surface area (Å²) in [7, 11) is 1.44. The van der Waals surface area contributed by atoms with E-state index in [9.17, 15) is 27.6 Å². The molecule has 4 aliphatic rings. The second-order valence-corrected chi connectivity index (χ2v) is 12.3. The molecular weight excluding hydrogens is 579 g/mol. The summed E-state index contributed by atoms with van der Waals surface area (Å²) in [6.45, 7) is 3.02. The molecule has 3 heterocycles. The molecule has 3 amide bonds. The average Bonchev–Trinajstić information content (AvgIpc) is 3.41. The highest BCUT2D eigenvalue weighted by molar-refractivity contribution is 5.94. The number of hydrogen-bond acceptors (Lipinski definition) is 7. The molecule has 1 aromatic rings. The van der Waals surface area contributed by atoms with Crippen molar-refractivity contribution in [3.8, 4) is 5.75 Å². The van der Waals surface area contributed by atoms with Crippen molar-refractivity contribution in [3.05, 3.63) is 29.8 Å². The first-order valence-corrected chi connectivity index (χ1v) is 15.7. The van der Waals surface area contributed by atoms with Crippen LogP contribution < -0.4 is 20.7 Å². The lowest BCUT2D eigenvalue weighted by molar-refractivity contribution is -0.150. The summed E-state index contributed by atoms with van der Waals surface area (Å²) in [5.74, 6) is -4.28. The smallest absolute Gasteiger partial charge is 0.248 e. The maximum atomic E-state index is 14.5. The zero-order valence-corrected chi connectivity index (χ0v) is 25.4. The number of rotatable bonds is 10. The van der Waals surface area contributed by atoms with Crippen LogP contribution in [0, 0.1) is 5.92 Å². The molecule has 0 bridgehead atoms. The van der Waals surface area contributed by atoms with E-state index in [1.54, 1.807) is 0 Å². The topological polar surface area (TPSA) is 112 Å². The van der Waals surface area contributed by atoms with Crippen LogP contribution in [0.25, 0.3) is 0 Å². The molecule has 44 heavy (non-hydrogen) atoms. The summed E-state index contributed by atoms with van der Waals surface area (Å²) in [4.78, 5) is 45.2. The van der Waals surface area contributed by atoms with Gasteiger partial charge in [-0.2, -0.15) is 0 Å². The fourth-order valence-corrected chi connectivity index (χ4v) is 7.10. The molecule has 1 aliphatic carbocycles. The standard InChI is InChI=1S/C31H44F3N5O5/c1-3-43-21-14-20-16-39(30(42)27(37-28(40)24(15-32)35-2)19-8-11-31(33,34)12-9-19)25(18-38(20)17-21)29(41)36-23-10-13-44-26-7-5-4-6-22(23)26/h4-7,19-21,23-25,27,35H,3,8-18H2,1-2H3,(H,36,41)(H,37,40)/t20-,21?,23-,24-,25?,27+/m1/s1. The molecule has 3 fully saturated rings. The van der Waals surface area contributed by atoms with Crippen molar-refractivity contribution < 1.29 is 37.0 Å². The number of amides is 3. The average molecular weight is 624 g/mol. The lowest BCUT2D eigenvalue weighted by Gasteiger charge is -2.45. The van der Waals surface area contributed by atoms with Crippen LogP contribution in [0.2, 0.25) is 0 Å². The van der Waals surface area contributed by atoms with E-state index in [1.807, 2.05) is 31.2 Å². The predicted molar refractivity (Wildman–Crippen MR) is 156 cm³/mol. The van der Waals surface area contributed by atoms with Crippen molar-refractivity contribution in [2.75, 3.05) is 46.6 Å². The van der Waals surface area contributed by atoms with Gasteiger partial charge in [-0.3, -0.25) is 19.3 Å². The predicted octanol–water partition coefficient (Wildman–Crippen LogP) is 2.18. The lowest BCUT2D eigenvalue weighted by atomic mass is 9.81. The number of halogens is 3. The third-order valence-corrected chi connectivity index (χ3v) is 9.56. The molecule has 1 saturated carbocycles. The first kappa shape index (κ1) is 32.5. The Morgan fingerprint density at radius 2 is 1.86 bits per heavy atom. The summed E-state index contributed by atoms with van der Waals surface area (Å²) >= 11 is 0. The molecule has 0 spiro atoms. The van der Waals surface area contributed by atoms with Gasteiger partial charge >= 0.3 is 0 Å². The first-order valence-electron chi connectivity index (χ1n) is 15.7. The van der Waals surface area contributed by atoms with Gasteiger partial charge in [-0.15, -0.1) is 0 Å². The highest BCUT2D eigenvalue weighted by Crippen LogP contribution is 2.39. The van der Waals surface area contributed by atoms with E-state index < -0.39 is 61.3 Å². The van der Waals surface area contributed by atoms with Crippen LogP contribution in [-0.4, -0.2) is 110 Å². The summed E-state index contributed by atoms with van der Waals surface area (Å²) < 4.78 is 53.5. The summed E-state index contributed by atoms with van der Waals surface area (Å²) in [6.07, 6.45) is 0.430. The van der Waals surface area contributed by atoms with Gasteiger partial charge in [0.15, 0.2) is 0 Å². The molecule has 244 valence electrons. The van der Waals surface area contributed by atoms with Gasteiger partial charge in [-0.25, -0.2) is 13.2 Å². The quantitative estimate of drug-likeness (QED) is 0.367. The van der Waals surface area contributed by atoms with Gasteiger partial charge in [0.05, 0.1) is 18.8 Å². The van der Waals surface area contributed by atoms with Crippen LogP contribution in [0.3, 0.4) is 0 Å². The van der Waals surface area contributed by atoms with Crippen LogP contribution in [0.5, 0.6) is 5.75 Å². The number of hydrogen-bond donors (Lipinski definition) is 3. The third-order valence-electron chi connectivity index (χ3n) is 9.56. The number of benzene rings is 1. The van der Waals surface area contributed by atoms with Crippen LogP contribution in [0.1, 0.15) is 57.1 Å². The Kier molecular flexibility index (Phi) is 10.4. The molecule has 2 unspecified atom stereocenters. The second-order valence-electron chi connectivity index (χ2n) is 12.3. The molecule has 1 aromatic carbocycles. The molecule has 2 saturated heterocycles. The Labute approximate surface area is 256 Å². The van der Waals surface area contributed by atoms with Crippen molar-refractivity contribution in [3.63, 3.8) is 0 Å². The van der Waals surface area contributed by atoms with Gasteiger partial charge in [0.2, 0.25) is 23.6 Å². The minimum atomic E-state index is -2.84. The van der Waals surface area contributed by atoms with Crippen molar-refractivity contribution in [1.29, 1.82) is 0 Å². The zero-order chi connectivity index (χ0) is 31.4. The number of likely N-dealkylation sites (N-methyl/N-ethyl adjacent to an activating group) is 1. The summed E-state index contributed by atoms with van der Waals surface area (Å²) in [5, 5.41) is 8.42. The van der Waals surface area contributed by atoms with Crippen LogP contribution in [0.15, 0.2) is 24.3 Å². The first-order chi connectivity index (χ1) is 21.1. The number of ether oxygens (including phenoxy) is 2. The van der Waals surface area contributed by atoms with Gasteiger partial charge in [0.25, 0.3) is 0 Å². The number of alkyl halides is 3. The largest absolute Gasteiger partial charge is 0.493 e. The molecule has 6 atom stereocenters. The Balaban J connectivity index is 1.42. The van der Waals surface area contributed by atoms with Crippen LogP contribution in [0.4, 0.5) is 13.2 Å². The van der Waals surface area contributed by atoms with Crippen molar-refractivity contribution in [2.24, 2.45) is 5.92 Å². The number of carbonyl (C=O) groups excluding carboxylic acids is 3. The number of fused-ring (bicyclic) bond motifs is 2. The Bertz CT molecular complexity index is 1180. The Morgan fingerprint density at radius 1 is 1.11 bits per heavy atom. The van der Waals surface area contributed by atoms with Gasteiger partial charge in [0.1, 0.15) is 30.5 Å². The fraction of sp³-hybridized carbons (Fsp3) is 0.710. The van der Waals surface area contributed by atoms with Crippen molar-refractivity contribution in [1.82, 2.24) is 25.8 Å². The maximum absolute atomic E-state index is 14.5. The molecular formula is C31H44F3N5O5. The molecule has 0 radical (unpaired) electrons.